The topological polar surface area (TPSA) is 94.5 Å². The number of carbonyl (C=O) groups is 1. The SMILES string of the molecule is CO[C@@H]1O[C@H](CO[Si](C)(C)C(C)(C)C)[C@@]2(O)C(C)(C)[C@@]2(O)[C@H]1OC(=O)c1ccc(Cl)cc1. The van der Waals surface area contributed by atoms with E-state index in [2.05, 4.69) is 33.9 Å². The summed E-state index contributed by atoms with van der Waals surface area (Å²) in [5, 5.41) is 23.7. The van der Waals surface area contributed by atoms with Gasteiger partial charge in [-0.3, -0.25) is 0 Å². The second-order valence-corrected chi connectivity index (χ2v) is 16.0. The molecule has 2 aliphatic rings. The zero-order valence-corrected chi connectivity index (χ0v) is 21.8. The lowest BCUT2D eigenvalue weighted by molar-refractivity contribution is -0.292. The van der Waals surface area contributed by atoms with Crippen molar-refractivity contribution in [3.05, 3.63) is 34.9 Å². The lowest BCUT2D eigenvalue weighted by atomic mass is 9.99. The van der Waals surface area contributed by atoms with Gasteiger partial charge in [-0.25, -0.2) is 4.79 Å². The second-order valence-electron chi connectivity index (χ2n) is 10.8. The van der Waals surface area contributed by atoms with Crippen molar-refractivity contribution in [2.24, 2.45) is 5.41 Å². The van der Waals surface area contributed by atoms with Crippen molar-refractivity contribution >= 4 is 25.9 Å². The zero-order valence-electron chi connectivity index (χ0n) is 20.1. The molecule has 1 heterocycles. The number of esters is 1. The summed E-state index contributed by atoms with van der Waals surface area (Å²) < 4.78 is 23.4. The molecule has 9 heteroatoms. The molecule has 3 rings (SSSR count). The standard InChI is InChI=1S/C23H35ClO7Si/c1-20(2,3)32(7,8)29-13-16-22(26)21(4,5)23(22,27)17(19(28-6)30-16)31-18(25)14-9-11-15(24)12-10-14/h9-12,16-17,19,26-27H,13H2,1-8H3/t16-,17+,19-,22-,23+/m1/s1. The summed E-state index contributed by atoms with van der Waals surface area (Å²) in [5.41, 5.74) is -4.22. The van der Waals surface area contributed by atoms with Gasteiger partial charge in [0.1, 0.15) is 17.3 Å². The highest BCUT2D eigenvalue weighted by molar-refractivity contribution is 6.74. The van der Waals surface area contributed by atoms with Crippen molar-refractivity contribution in [2.75, 3.05) is 13.7 Å². The van der Waals surface area contributed by atoms with Gasteiger partial charge in [0, 0.05) is 17.5 Å². The quantitative estimate of drug-likeness (QED) is 0.467. The van der Waals surface area contributed by atoms with Crippen molar-refractivity contribution < 1.29 is 33.6 Å². The van der Waals surface area contributed by atoms with Crippen LogP contribution >= 0.6 is 11.6 Å². The van der Waals surface area contributed by atoms with Crippen LogP contribution in [-0.2, 0) is 18.6 Å². The molecule has 0 amide bonds. The first kappa shape index (κ1) is 25.6. The van der Waals surface area contributed by atoms with Crippen LogP contribution < -0.4 is 0 Å². The molecule has 2 N–H and O–H groups in total. The van der Waals surface area contributed by atoms with E-state index in [-0.39, 0.29) is 17.2 Å². The summed E-state index contributed by atoms with van der Waals surface area (Å²) in [6, 6.07) is 6.20. The van der Waals surface area contributed by atoms with Crippen LogP contribution in [0.4, 0.5) is 0 Å². The third kappa shape index (κ3) is 3.64. The normalized spacial score (nSPS) is 34.0. The fourth-order valence-electron chi connectivity index (χ4n) is 4.40. The number of hydrogen-bond acceptors (Lipinski definition) is 7. The van der Waals surface area contributed by atoms with Gasteiger partial charge in [-0.15, -0.1) is 0 Å². The Hall–Kier alpha value is -1.00. The molecule has 1 aliphatic heterocycles. The maximum absolute atomic E-state index is 12.8. The number of ether oxygens (including phenoxy) is 3. The summed E-state index contributed by atoms with van der Waals surface area (Å²) >= 11 is 5.89. The molecule has 180 valence electrons. The third-order valence-electron chi connectivity index (χ3n) is 7.80. The molecule has 32 heavy (non-hydrogen) atoms. The van der Waals surface area contributed by atoms with Crippen LogP contribution in [0.5, 0.6) is 0 Å². The van der Waals surface area contributed by atoms with Crippen molar-refractivity contribution in [3.63, 3.8) is 0 Å². The Bertz CT molecular complexity index is 866. The Labute approximate surface area is 196 Å². The number of benzene rings is 1. The summed E-state index contributed by atoms with van der Waals surface area (Å²) in [6.45, 7) is 14.1. The van der Waals surface area contributed by atoms with Crippen LogP contribution in [0.1, 0.15) is 45.0 Å². The Morgan fingerprint density at radius 1 is 1.16 bits per heavy atom. The van der Waals surface area contributed by atoms with Crippen molar-refractivity contribution in [1.29, 1.82) is 0 Å². The molecule has 1 aliphatic carbocycles. The van der Waals surface area contributed by atoms with Gasteiger partial charge in [-0.2, -0.15) is 0 Å². The summed E-state index contributed by atoms with van der Waals surface area (Å²) in [5.74, 6) is -0.674. The van der Waals surface area contributed by atoms with Crippen LogP contribution in [0.3, 0.4) is 0 Å². The molecule has 7 nitrogen and oxygen atoms in total. The minimum absolute atomic E-state index is 0.0308. The van der Waals surface area contributed by atoms with Gasteiger partial charge in [0.15, 0.2) is 20.7 Å². The van der Waals surface area contributed by atoms with Crippen LogP contribution in [0, 0.1) is 5.41 Å². The molecule has 5 atom stereocenters. The molecular formula is C23H35ClO7Si. The number of hydrogen-bond donors (Lipinski definition) is 2. The number of rotatable bonds is 6. The average molecular weight is 487 g/mol. The van der Waals surface area contributed by atoms with E-state index in [1.807, 2.05) is 0 Å². The largest absolute Gasteiger partial charge is 0.450 e. The first-order valence-electron chi connectivity index (χ1n) is 10.8. The highest BCUT2D eigenvalue weighted by Gasteiger charge is 2.92. The molecule has 0 spiro atoms. The van der Waals surface area contributed by atoms with Crippen molar-refractivity contribution in [1.82, 2.24) is 0 Å². The molecule has 0 aromatic heterocycles. The van der Waals surface area contributed by atoms with E-state index in [9.17, 15) is 15.0 Å². The predicted octanol–water partition coefficient (Wildman–Crippen LogP) is 3.76. The molecule has 1 saturated heterocycles. The van der Waals surface area contributed by atoms with E-state index in [1.54, 1.807) is 26.0 Å². The van der Waals surface area contributed by atoms with Gasteiger partial charge >= 0.3 is 5.97 Å². The van der Waals surface area contributed by atoms with Crippen molar-refractivity contribution in [3.8, 4) is 0 Å². The van der Waals surface area contributed by atoms with Crippen LogP contribution in [0.25, 0.3) is 0 Å². The number of fused-ring (bicyclic) bond motifs is 1. The smallest absolute Gasteiger partial charge is 0.338 e. The van der Waals surface area contributed by atoms with Gasteiger partial charge in [-0.1, -0.05) is 46.2 Å². The minimum atomic E-state index is -2.14. The maximum Gasteiger partial charge on any atom is 0.338 e. The Morgan fingerprint density at radius 2 is 1.72 bits per heavy atom. The maximum atomic E-state index is 12.8. The number of carbonyl (C=O) groups excluding carboxylic acids is 1. The lowest BCUT2D eigenvalue weighted by Gasteiger charge is -2.43. The molecule has 0 bridgehead atoms. The summed E-state index contributed by atoms with van der Waals surface area (Å²) in [6.07, 6.45) is -3.17. The monoisotopic (exact) mass is 486 g/mol. The van der Waals surface area contributed by atoms with Crippen LogP contribution in [-0.4, -0.2) is 67.9 Å². The fraction of sp³-hybridized carbons (Fsp3) is 0.696. The lowest BCUT2D eigenvalue weighted by Crippen LogP contribution is -2.61. The Kier molecular flexibility index (Phi) is 6.44. The van der Waals surface area contributed by atoms with Gasteiger partial charge in [0.2, 0.25) is 0 Å². The second kappa shape index (κ2) is 8.04. The molecule has 1 saturated carbocycles. The Balaban J connectivity index is 1.86. The third-order valence-corrected chi connectivity index (χ3v) is 12.5. The number of aliphatic hydroxyl groups is 2. The van der Waals surface area contributed by atoms with E-state index < -0.39 is 49.4 Å². The number of methoxy groups -OCH3 is 1. The molecule has 0 unspecified atom stereocenters. The zero-order chi connectivity index (χ0) is 24.3. The van der Waals surface area contributed by atoms with Gasteiger partial charge in [0.05, 0.1) is 12.2 Å². The molecular weight excluding hydrogens is 452 g/mol. The Morgan fingerprint density at radius 3 is 2.22 bits per heavy atom. The summed E-state index contributed by atoms with van der Waals surface area (Å²) in [7, 11) is -0.732. The van der Waals surface area contributed by atoms with Gasteiger partial charge in [-0.05, 0) is 42.4 Å². The average Bonchev–Trinajstić information content (AvgIpc) is 3.07. The highest BCUT2D eigenvalue weighted by Crippen LogP contribution is 2.71. The van der Waals surface area contributed by atoms with E-state index in [4.69, 9.17) is 30.2 Å². The van der Waals surface area contributed by atoms with E-state index >= 15 is 0 Å². The van der Waals surface area contributed by atoms with E-state index in [0.717, 1.165) is 0 Å². The van der Waals surface area contributed by atoms with Crippen LogP contribution in [0.2, 0.25) is 23.2 Å². The minimum Gasteiger partial charge on any atom is -0.450 e. The number of halogens is 1. The van der Waals surface area contributed by atoms with Gasteiger partial charge in [0.25, 0.3) is 0 Å². The first-order chi connectivity index (χ1) is 14.5. The molecule has 1 aromatic rings. The fourth-order valence-corrected chi connectivity index (χ4v) is 5.52. The van der Waals surface area contributed by atoms with Crippen LogP contribution in [0.15, 0.2) is 24.3 Å². The summed E-state index contributed by atoms with van der Waals surface area (Å²) in [4.78, 5) is 12.8. The van der Waals surface area contributed by atoms with E-state index in [0.29, 0.717) is 5.02 Å². The molecule has 0 radical (unpaired) electrons. The first-order valence-corrected chi connectivity index (χ1v) is 14.1. The molecule has 2 fully saturated rings. The van der Waals surface area contributed by atoms with Gasteiger partial charge < -0.3 is 28.8 Å². The highest BCUT2D eigenvalue weighted by atomic mass is 35.5. The van der Waals surface area contributed by atoms with E-state index in [1.165, 1.54) is 19.2 Å². The molecule has 1 aromatic carbocycles. The van der Waals surface area contributed by atoms with Crippen molar-refractivity contribution in [2.45, 2.75) is 82.5 Å². The predicted molar refractivity (Wildman–Crippen MR) is 123 cm³/mol.